The average molecular weight is 344 g/mol. The van der Waals surface area contributed by atoms with Crippen LogP contribution in [0.15, 0.2) is 35.1 Å². The Morgan fingerprint density at radius 2 is 2.16 bits per heavy atom. The third-order valence-corrected chi connectivity index (χ3v) is 3.58. The summed E-state index contributed by atoms with van der Waals surface area (Å²) in [5.41, 5.74) is 1.43. The second-order valence-corrected chi connectivity index (χ2v) is 5.23. The first-order valence-electron chi connectivity index (χ1n) is 5.58. The lowest BCUT2D eigenvalue weighted by atomic mass is 10.0. The zero-order valence-corrected chi connectivity index (χ0v) is 12.5. The van der Waals surface area contributed by atoms with Crippen LogP contribution >= 0.6 is 27.5 Å². The van der Waals surface area contributed by atoms with Crippen molar-refractivity contribution in [3.8, 4) is 5.88 Å². The van der Waals surface area contributed by atoms with Crippen molar-refractivity contribution in [1.82, 2.24) is 9.97 Å². The fourth-order valence-corrected chi connectivity index (χ4v) is 2.37. The van der Waals surface area contributed by atoms with Crippen molar-refractivity contribution in [2.75, 3.05) is 7.11 Å². The molecule has 2 aromatic rings. The van der Waals surface area contributed by atoms with E-state index in [2.05, 4.69) is 25.9 Å². The van der Waals surface area contributed by atoms with Crippen LogP contribution < -0.4 is 4.74 Å². The van der Waals surface area contributed by atoms with Crippen LogP contribution in [-0.4, -0.2) is 22.2 Å². The first-order valence-corrected chi connectivity index (χ1v) is 6.75. The van der Waals surface area contributed by atoms with E-state index in [1.165, 1.54) is 13.4 Å². The number of benzene rings is 1. The highest BCUT2D eigenvalue weighted by Crippen LogP contribution is 2.28. The van der Waals surface area contributed by atoms with Crippen molar-refractivity contribution in [3.63, 3.8) is 0 Å². The van der Waals surface area contributed by atoms with E-state index >= 15 is 0 Å². The summed E-state index contributed by atoms with van der Waals surface area (Å²) >= 11 is 9.33. The standard InChI is InChI=1S/C13H12BrClN2O2/c1-19-13-6-9(16-7-17-13)5-12(18)10-4-8(15)2-3-11(10)14/h2-4,6-7,12,18H,5H2,1H3. The minimum absolute atomic E-state index is 0.359. The molecular weight excluding hydrogens is 332 g/mol. The smallest absolute Gasteiger partial charge is 0.216 e. The summed E-state index contributed by atoms with van der Waals surface area (Å²) in [5.74, 6) is 0.474. The molecule has 1 aromatic carbocycles. The quantitative estimate of drug-likeness (QED) is 0.926. The minimum atomic E-state index is -0.701. The van der Waals surface area contributed by atoms with E-state index in [0.29, 0.717) is 23.0 Å². The molecule has 0 aliphatic heterocycles. The van der Waals surface area contributed by atoms with E-state index in [1.807, 2.05) is 0 Å². The van der Waals surface area contributed by atoms with Crippen molar-refractivity contribution < 1.29 is 9.84 Å². The predicted molar refractivity (Wildman–Crippen MR) is 76.4 cm³/mol. The molecule has 0 aliphatic rings. The third kappa shape index (κ3) is 3.65. The maximum Gasteiger partial charge on any atom is 0.216 e. The van der Waals surface area contributed by atoms with Crippen LogP contribution in [0.25, 0.3) is 0 Å². The zero-order chi connectivity index (χ0) is 13.8. The van der Waals surface area contributed by atoms with Gasteiger partial charge in [0, 0.05) is 22.0 Å². The van der Waals surface area contributed by atoms with Gasteiger partial charge in [-0.05, 0) is 23.8 Å². The van der Waals surface area contributed by atoms with Gasteiger partial charge in [0.05, 0.1) is 18.9 Å². The number of aromatic nitrogens is 2. The van der Waals surface area contributed by atoms with Gasteiger partial charge in [-0.15, -0.1) is 0 Å². The van der Waals surface area contributed by atoms with Crippen molar-refractivity contribution in [3.05, 3.63) is 51.3 Å². The lowest BCUT2D eigenvalue weighted by molar-refractivity contribution is 0.176. The highest BCUT2D eigenvalue weighted by molar-refractivity contribution is 9.10. The highest BCUT2D eigenvalue weighted by atomic mass is 79.9. The zero-order valence-electron chi connectivity index (χ0n) is 10.2. The Kier molecular flexibility index (Phi) is 4.74. The molecule has 0 bridgehead atoms. The number of halogens is 2. The van der Waals surface area contributed by atoms with Crippen LogP contribution in [-0.2, 0) is 6.42 Å². The van der Waals surface area contributed by atoms with Crippen LogP contribution in [0.1, 0.15) is 17.4 Å². The van der Waals surface area contributed by atoms with E-state index in [-0.39, 0.29) is 0 Å². The molecule has 1 N–H and O–H groups in total. The van der Waals surface area contributed by atoms with Crippen LogP contribution in [0.3, 0.4) is 0 Å². The number of methoxy groups -OCH3 is 1. The number of aliphatic hydroxyl groups excluding tert-OH is 1. The molecular formula is C13H12BrClN2O2. The molecule has 19 heavy (non-hydrogen) atoms. The Labute approximate surface area is 124 Å². The molecule has 1 aromatic heterocycles. The second-order valence-electron chi connectivity index (χ2n) is 3.94. The van der Waals surface area contributed by atoms with Gasteiger partial charge in [0.1, 0.15) is 6.33 Å². The molecule has 1 atom stereocenters. The summed E-state index contributed by atoms with van der Waals surface area (Å²) in [6.45, 7) is 0. The molecule has 6 heteroatoms. The number of hydrogen-bond acceptors (Lipinski definition) is 4. The first kappa shape index (κ1) is 14.2. The fourth-order valence-electron chi connectivity index (χ4n) is 1.68. The molecule has 0 aliphatic carbocycles. The summed E-state index contributed by atoms with van der Waals surface area (Å²) in [7, 11) is 1.54. The normalized spacial score (nSPS) is 12.2. The summed E-state index contributed by atoms with van der Waals surface area (Å²) in [6.07, 6.45) is 1.07. The van der Waals surface area contributed by atoms with Crippen molar-refractivity contribution >= 4 is 27.5 Å². The highest BCUT2D eigenvalue weighted by Gasteiger charge is 2.14. The molecule has 4 nitrogen and oxygen atoms in total. The van der Waals surface area contributed by atoms with Gasteiger partial charge < -0.3 is 9.84 Å². The van der Waals surface area contributed by atoms with Gasteiger partial charge in [-0.3, -0.25) is 0 Å². The largest absolute Gasteiger partial charge is 0.481 e. The van der Waals surface area contributed by atoms with Crippen LogP contribution in [0.4, 0.5) is 0 Å². The predicted octanol–water partition coefficient (Wildman–Crippen LogP) is 3.18. The van der Waals surface area contributed by atoms with Gasteiger partial charge in [0.25, 0.3) is 0 Å². The third-order valence-electron chi connectivity index (χ3n) is 2.63. The Morgan fingerprint density at radius 3 is 2.89 bits per heavy atom. The van der Waals surface area contributed by atoms with E-state index in [4.69, 9.17) is 16.3 Å². The second kappa shape index (κ2) is 6.32. The molecule has 0 spiro atoms. The van der Waals surface area contributed by atoms with Crippen molar-refractivity contribution in [2.24, 2.45) is 0 Å². The molecule has 1 unspecified atom stereocenters. The lowest BCUT2D eigenvalue weighted by Crippen LogP contribution is -2.05. The van der Waals surface area contributed by atoms with Crippen LogP contribution in [0.5, 0.6) is 5.88 Å². The summed E-state index contributed by atoms with van der Waals surface area (Å²) in [4.78, 5) is 8.03. The van der Waals surface area contributed by atoms with E-state index < -0.39 is 6.10 Å². The van der Waals surface area contributed by atoms with Gasteiger partial charge in [0.2, 0.25) is 5.88 Å². The fraction of sp³-hybridized carbons (Fsp3) is 0.231. The van der Waals surface area contributed by atoms with Gasteiger partial charge >= 0.3 is 0 Å². The number of aliphatic hydroxyl groups is 1. The van der Waals surface area contributed by atoms with E-state index in [9.17, 15) is 5.11 Å². The average Bonchev–Trinajstić information content (AvgIpc) is 2.41. The SMILES string of the molecule is COc1cc(CC(O)c2cc(Cl)ccc2Br)ncn1. The van der Waals surface area contributed by atoms with Crippen molar-refractivity contribution in [2.45, 2.75) is 12.5 Å². The monoisotopic (exact) mass is 342 g/mol. The van der Waals surface area contributed by atoms with Gasteiger partial charge in [-0.1, -0.05) is 27.5 Å². The van der Waals surface area contributed by atoms with Crippen LogP contribution in [0.2, 0.25) is 5.02 Å². The molecule has 0 fully saturated rings. The Bertz CT molecular complexity index is 580. The summed E-state index contributed by atoms with van der Waals surface area (Å²) < 4.78 is 5.83. The molecule has 1 heterocycles. The summed E-state index contributed by atoms with van der Waals surface area (Å²) in [6, 6.07) is 6.99. The molecule has 2 rings (SSSR count). The molecule has 0 saturated carbocycles. The number of rotatable bonds is 4. The number of hydrogen-bond donors (Lipinski definition) is 1. The lowest BCUT2D eigenvalue weighted by Gasteiger charge is -2.13. The molecule has 100 valence electrons. The summed E-state index contributed by atoms with van der Waals surface area (Å²) in [5, 5.41) is 10.8. The molecule has 0 saturated heterocycles. The number of ether oxygens (including phenoxy) is 1. The van der Waals surface area contributed by atoms with Gasteiger partial charge in [-0.2, -0.15) is 0 Å². The Hall–Kier alpha value is -1.17. The molecule has 0 radical (unpaired) electrons. The minimum Gasteiger partial charge on any atom is -0.481 e. The molecule has 0 amide bonds. The Morgan fingerprint density at radius 1 is 1.37 bits per heavy atom. The first-order chi connectivity index (χ1) is 9.10. The Balaban J connectivity index is 2.20. The van der Waals surface area contributed by atoms with Crippen LogP contribution in [0, 0.1) is 0 Å². The maximum absolute atomic E-state index is 10.3. The maximum atomic E-state index is 10.3. The van der Waals surface area contributed by atoms with E-state index in [1.54, 1.807) is 24.3 Å². The van der Waals surface area contributed by atoms with Gasteiger partial charge in [-0.25, -0.2) is 9.97 Å². The number of nitrogens with zero attached hydrogens (tertiary/aromatic N) is 2. The van der Waals surface area contributed by atoms with Gasteiger partial charge in [0.15, 0.2) is 0 Å². The van der Waals surface area contributed by atoms with Crippen molar-refractivity contribution in [1.29, 1.82) is 0 Å². The topological polar surface area (TPSA) is 55.2 Å². The van der Waals surface area contributed by atoms with E-state index in [0.717, 1.165) is 10.0 Å².